The van der Waals surface area contributed by atoms with Crippen molar-refractivity contribution in [2.24, 2.45) is 4.99 Å². The van der Waals surface area contributed by atoms with Gasteiger partial charge in [-0.2, -0.15) is 0 Å². The Bertz CT molecular complexity index is 1380. The Hall–Kier alpha value is -3.92. The Morgan fingerprint density at radius 3 is 2.30 bits per heavy atom. The number of hydrogen-bond acceptors (Lipinski definition) is 8. The minimum atomic E-state index is -3.67. The SMILES string of the molecule is CC(=O)N1C(=O)C(=Nc2ccc(S(=O)(=O)CNc3nc(C)cc(C)n3)cc2)c2ccccc21. The van der Waals surface area contributed by atoms with Crippen LogP contribution in [0.4, 0.5) is 17.3 Å². The van der Waals surface area contributed by atoms with Crippen LogP contribution in [-0.4, -0.2) is 41.8 Å². The molecular weight excluding hydrogens is 442 g/mol. The van der Waals surface area contributed by atoms with Crippen molar-refractivity contribution in [1.29, 1.82) is 0 Å². The monoisotopic (exact) mass is 463 g/mol. The zero-order chi connectivity index (χ0) is 23.8. The Morgan fingerprint density at radius 2 is 1.67 bits per heavy atom. The molecule has 10 heteroatoms. The number of imide groups is 1. The van der Waals surface area contributed by atoms with Crippen molar-refractivity contribution in [1.82, 2.24) is 9.97 Å². The Labute approximate surface area is 191 Å². The number of carbonyl (C=O) groups is 2. The molecular formula is C23H21N5O4S. The summed E-state index contributed by atoms with van der Waals surface area (Å²) < 4.78 is 25.4. The first-order valence-electron chi connectivity index (χ1n) is 10.1. The minimum absolute atomic E-state index is 0.0897. The van der Waals surface area contributed by atoms with Crippen molar-refractivity contribution in [2.75, 3.05) is 16.1 Å². The molecule has 0 unspecified atom stereocenters. The van der Waals surface area contributed by atoms with Crippen LogP contribution in [0.2, 0.25) is 0 Å². The number of para-hydroxylation sites is 1. The van der Waals surface area contributed by atoms with Crippen LogP contribution in [0.15, 0.2) is 64.5 Å². The fraction of sp³-hybridized carbons (Fsp3) is 0.174. The average molecular weight is 464 g/mol. The van der Waals surface area contributed by atoms with Gasteiger partial charge >= 0.3 is 0 Å². The molecule has 4 rings (SSSR count). The predicted molar refractivity (Wildman–Crippen MR) is 124 cm³/mol. The second-order valence-electron chi connectivity index (χ2n) is 7.54. The summed E-state index contributed by atoms with van der Waals surface area (Å²) in [5.41, 5.74) is 3.02. The quantitative estimate of drug-likeness (QED) is 0.617. The van der Waals surface area contributed by atoms with Crippen LogP contribution in [0.1, 0.15) is 23.9 Å². The van der Waals surface area contributed by atoms with E-state index in [0.717, 1.165) is 16.3 Å². The second kappa shape index (κ2) is 8.55. The molecule has 0 saturated carbocycles. The van der Waals surface area contributed by atoms with Crippen molar-refractivity contribution in [3.63, 3.8) is 0 Å². The highest BCUT2D eigenvalue weighted by molar-refractivity contribution is 7.91. The molecule has 2 aromatic carbocycles. The van der Waals surface area contributed by atoms with E-state index in [1.165, 1.54) is 31.2 Å². The molecule has 0 bridgehead atoms. The van der Waals surface area contributed by atoms with Crippen LogP contribution in [0.5, 0.6) is 0 Å². The molecule has 0 saturated heterocycles. The van der Waals surface area contributed by atoms with Gasteiger partial charge in [-0.15, -0.1) is 0 Å². The number of carbonyl (C=O) groups excluding carboxylic acids is 2. The third-order valence-corrected chi connectivity index (χ3v) is 6.47. The van der Waals surface area contributed by atoms with E-state index in [4.69, 9.17) is 0 Å². The van der Waals surface area contributed by atoms with Crippen LogP contribution in [0, 0.1) is 13.8 Å². The van der Waals surface area contributed by atoms with E-state index in [9.17, 15) is 18.0 Å². The molecule has 33 heavy (non-hydrogen) atoms. The zero-order valence-corrected chi connectivity index (χ0v) is 19.0. The maximum absolute atomic E-state index is 12.8. The molecule has 2 heterocycles. The number of amides is 2. The van der Waals surface area contributed by atoms with Crippen molar-refractivity contribution in [2.45, 2.75) is 25.7 Å². The first kappa shape index (κ1) is 22.3. The van der Waals surface area contributed by atoms with Gasteiger partial charge in [-0.3, -0.25) is 9.59 Å². The molecule has 168 valence electrons. The van der Waals surface area contributed by atoms with Gasteiger partial charge in [0.05, 0.1) is 16.3 Å². The van der Waals surface area contributed by atoms with E-state index in [-0.39, 0.29) is 22.4 Å². The Kier molecular flexibility index (Phi) is 5.77. The van der Waals surface area contributed by atoms with Gasteiger partial charge in [0, 0.05) is 23.9 Å². The fourth-order valence-corrected chi connectivity index (χ4v) is 4.56. The topological polar surface area (TPSA) is 122 Å². The molecule has 1 aliphatic heterocycles. The van der Waals surface area contributed by atoms with E-state index < -0.39 is 21.7 Å². The fourth-order valence-electron chi connectivity index (χ4n) is 3.53. The minimum Gasteiger partial charge on any atom is -0.340 e. The molecule has 0 atom stereocenters. The molecule has 1 N–H and O–H groups in total. The highest BCUT2D eigenvalue weighted by Crippen LogP contribution is 2.31. The van der Waals surface area contributed by atoms with Gasteiger partial charge in [0.2, 0.25) is 11.9 Å². The lowest BCUT2D eigenvalue weighted by Crippen LogP contribution is -2.34. The van der Waals surface area contributed by atoms with Gasteiger partial charge in [0.15, 0.2) is 9.84 Å². The molecule has 0 fully saturated rings. The van der Waals surface area contributed by atoms with Gasteiger partial charge in [-0.05, 0) is 50.2 Å². The van der Waals surface area contributed by atoms with E-state index in [2.05, 4.69) is 20.3 Å². The van der Waals surface area contributed by atoms with Crippen LogP contribution < -0.4 is 10.2 Å². The molecule has 2 amide bonds. The molecule has 0 radical (unpaired) electrons. The summed E-state index contributed by atoms with van der Waals surface area (Å²) in [7, 11) is -3.67. The summed E-state index contributed by atoms with van der Waals surface area (Å²) in [5, 5.41) is 2.75. The number of nitrogens with one attached hydrogen (secondary N) is 1. The largest absolute Gasteiger partial charge is 0.340 e. The number of rotatable bonds is 5. The maximum Gasteiger partial charge on any atom is 0.284 e. The van der Waals surface area contributed by atoms with Gasteiger partial charge in [0.1, 0.15) is 11.6 Å². The number of aromatic nitrogens is 2. The first-order chi connectivity index (χ1) is 15.7. The Balaban J connectivity index is 1.56. The van der Waals surface area contributed by atoms with Crippen molar-refractivity contribution in [3.05, 3.63) is 71.5 Å². The molecule has 0 spiro atoms. The van der Waals surface area contributed by atoms with Crippen LogP contribution >= 0.6 is 0 Å². The van der Waals surface area contributed by atoms with Crippen molar-refractivity contribution < 1.29 is 18.0 Å². The zero-order valence-electron chi connectivity index (χ0n) is 18.2. The number of hydrogen-bond donors (Lipinski definition) is 1. The van der Waals surface area contributed by atoms with E-state index in [1.54, 1.807) is 44.2 Å². The number of benzene rings is 2. The smallest absolute Gasteiger partial charge is 0.284 e. The van der Waals surface area contributed by atoms with Crippen molar-refractivity contribution in [3.8, 4) is 0 Å². The molecule has 1 aliphatic rings. The first-order valence-corrected chi connectivity index (χ1v) is 11.7. The highest BCUT2D eigenvalue weighted by atomic mass is 32.2. The molecule has 9 nitrogen and oxygen atoms in total. The van der Waals surface area contributed by atoms with E-state index >= 15 is 0 Å². The van der Waals surface area contributed by atoms with Gasteiger partial charge in [-0.1, -0.05) is 18.2 Å². The predicted octanol–water partition coefficient (Wildman–Crippen LogP) is 2.95. The average Bonchev–Trinajstić information content (AvgIpc) is 3.04. The second-order valence-corrected chi connectivity index (χ2v) is 9.53. The summed E-state index contributed by atoms with van der Waals surface area (Å²) >= 11 is 0. The summed E-state index contributed by atoms with van der Waals surface area (Å²) in [6, 6.07) is 14.6. The molecule has 0 aliphatic carbocycles. The highest BCUT2D eigenvalue weighted by Gasteiger charge is 2.36. The lowest BCUT2D eigenvalue weighted by atomic mass is 10.1. The number of anilines is 2. The molecule has 1 aromatic heterocycles. The summed E-state index contributed by atoms with van der Waals surface area (Å²) in [5.74, 6) is -1.05. The van der Waals surface area contributed by atoms with E-state index in [0.29, 0.717) is 16.9 Å². The summed E-state index contributed by atoms with van der Waals surface area (Å²) in [4.78, 5) is 38.6. The molecule has 3 aromatic rings. The van der Waals surface area contributed by atoms with Crippen molar-refractivity contribution >= 4 is 44.7 Å². The standard InChI is InChI=1S/C23H21N5O4S/c1-14-12-15(2)26-23(25-14)24-13-33(31,32)18-10-8-17(9-11-18)27-21-19-6-4-5-7-20(19)28(16(3)29)22(21)30/h4-12H,13H2,1-3H3,(H,24,25,26). The van der Waals surface area contributed by atoms with Crippen LogP contribution in [-0.2, 0) is 19.4 Å². The van der Waals surface area contributed by atoms with Gasteiger partial charge < -0.3 is 5.32 Å². The number of aryl methyl sites for hydroxylation is 2. The normalized spacial score (nSPS) is 14.5. The number of sulfone groups is 1. The van der Waals surface area contributed by atoms with E-state index in [1.807, 2.05) is 0 Å². The van der Waals surface area contributed by atoms with Crippen LogP contribution in [0.25, 0.3) is 0 Å². The lowest BCUT2D eigenvalue weighted by molar-refractivity contribution is -0.121. The lowest BCUT2D eigenvalue weighted by Gasteiger charge is -2.11. The number of nitrogens with zero attached hydrogens (tertiary/aromatic N) is 4. The van der Waals surface area contributed by atoms with Gasteiger partial charge in [0.25, 0.3) is 5.91 Å². The Morgan fingerprint density at radius 1 is 1.03 bits per heavy atom. The number of aliphatic imine (C=N–C) groups is 1. The van der Waals surface area contributed by atoms with Crippen LogP contribution in [0.3, 0.4) is 0 Å². The summed E-state index contributed by atoms with van der Waals surface area (Å²) in [6.07, 6.45) is 0. The maximum atomic E-state index is 12.8. The van der Waals surface area contributed by atoms with Gasteiger partial charge in [-0.25, -0.2) is 28.3 Å². The number of fused-ring (bicyclic) bond motifs is 1. The summed E-state index contributed by atoms with van der Waals surface area (Å²) in [6.45, 7) is 4.92. The third kappa shape index (κ3) is 4.51. The third-order valence-electron chi connectivity index (χ3n) is 4.96.